The Hall–Kier alpha value is -2.51. The van der Waals surface area contributed by atoms with E-state index >= 15 is 0 Å². The molecule has 430 valence electrons. The fraction of sp³-hybridized carbons (Fsp3) is 0.722. The number of rotatable bonds is 48. The second-order valence-corrected chi connectivity index (χ2v) is 22.3. The Morgan fingerprint density at radius 2 is 0.547 bits per heavy atom. The Morgan fingerprint density at radius 1 is 0.320 bits per heavy atom. The van der Waals surface area contributed by atoms with E-state index < -0.39 is 0 Å². The van der Waals surface area contributed by atoms with Gasteiger partial charge in [0.1, 0.15) is 0 Å². The topological polar surface area (TPSA) is 25.3 Å². The van der Waals surface area contributed by atoms with Crippen LogP contribution in [0.3, 0.4) is 0 Å². The van der Waals surface area contributed by atoms with E-state index in [1.807, 2.05) is 0 Å². The molecule has 0 aromatic heterocycles. The van der Waals surface area contributed by atoms with Crippen LogP contribution in [0.15, 0.2) is 71.8 Å². The molecule has 3 rings (SSSR count). The van der Waals surface area contributed by atoms with Crippen molar-refractivity contribution in [3.8, 4) is 0 Å². The Kier molecular flexibility index (Phi) is 53.0. The van der Waals surface area contributed by atoms with Gasteiger partial charge < -0.3 is 18.7 Å². The molecule has 75 heavy (non-hydrogen) atoms. The SMILES string of the molecule is CCCCCCC1=C(c2ccc(CC)cc2)[N+](=[N-])C(c2ccc(CC)cc2)=C1CCCC.[CH-]=CCCCCCCCCCCCCCCCCCCC.[CH-]=CCCCCCCCCCCCCCCCCCCC.[Ni+2]. The van der Waals surface area contributed by atoms with Gasteiger partial charge in [0, 0.05) is 22.3 Å². The van der Waals surface area contributed by atoms with Gasteiger partial charge in [0.15, 0.2) is 0 Å². The van der Waals surface area contributed by atoms with Gasteiger partial charge in [-0.25, -0.2) is 4.70 Å². The van der Waals surface area contributed by atoms with Gasteiger partial charge in [0.25, 0.3) is 0 Å². The number of benzene rings is 2. The summed E-state index contributed by atoms with van der Waals surface area (Å²) in [5.41, 5.74) is 21.1. The van der Waals surface area contributed by atoms with Crippen LogP contribution >= 0.6 is 0 Å². The maximum atomic E-state index is 11.6. The minimum Gasteiger partial charge on any atom is -0.518 e. The van der Waals surface area contributed by atoms with Crippen LogP contribution in [0.25, 0.3) is 16.9 Å². The van der Waals surface area contributed by atoms with E-state index in [4.69, 9.17) is 13.2 Å². The van der Waals surface area contributed by atoms with Crippen LogP contribution in [0, 0.1) is 13.2 Å². The maximum absolute atomic E-state index is 11.6. The van der Waals surface area contributed by atoms with Crippen molar-refractivity contribution in [2.45, 2.75) is 337 Å². The molecule has 0 atom stereocenters. The summed E-state index contributed by atoms with van der Waals surface area (Å²) in [6.07, 6.45) is 66.0. The second-order valence-electron chi connectivity index (χ2n) is 22.3. The number of hydrogen-bond acceptors (Lipinski definition) is 0. The first-order chi connectivity index (χ1) is 36.5. The van der Waals surface area contributed by atoms with Crippen LogP contribution in [0.5, 0.6) is 0 Å². The monoisotopic (exact) mass is 1070 g/mol. The van der Waals surface area contributed by atoms with Crippen molar-refractivity contribution in [3.05, 3.63) is 113 Å². The first-order valence-electron chi connectivity index (χ1n) is 32.7. The summed E-state index contributed by atoms with van der Waals surface area (Å²) in [6.45, 7) is 24.2. The van der Waals surface area contributed by atoms with Crippen molar-refractivity contribution < 1.29 is 21.2 Å². The average Bonchev–Trinajstić information content (AvgIpc) is 3.71. The van der Waals surface area contributed by atoms with Crippen LogP contribution in [-0.4, -0.2) is 4.70 Å². The molecule has 0 saturated heterocycles. The van der Waals surface area contributed by atoms with Crippen molar-refractivity contribution in [1.29, 1.82) is 0 Å². The molecule has 1 aliphatic heterocycles. The van der Waals surface area contributed by atoms with Gasteiger partial charge in [0.05, 0.1) is 0 Å². The Balaban J connectivity index is 0.00000113. The van der Waals surface area contributed by atoms with Crippen molar-refractivity contribution in [2.75, 3.05) is 0 Å². The first kappa shape index (κ1) is 72.5. The van der Waals surface area contributed by atoms with Crippen molar-refractivity contribution in [1.82, 2.24) is 0 Å². The zero-order chi connectivity index (χ0) is 53.8. The molecule has 2 aromatic rings. The fourth-order valence-electron chi connectivity index (χ4n) is 10.6. The molecule has 2 aromatic carbocycles. The zero-order valence-corrected chi connectivity index (χ0v) is 51.7. The number of allylic oxidation sites excluding steroid dienone is 4. The standard InChI is InChI=1S/C30H40N2.2C21H41.Ni/c1-5-9-11-12-14-28-27(13-10-6-2)29(25-19-15-23(7-3)16-20-25)32(31)30(28)26-21-17-24(8-4)18-22-26;2*1-3-5-7-9-11-13-15-17-19-21-20-18-16-14-12-10-8-6-4-2;/h15-22H,5-14H2,1-4H3;2*1,3H,4-21H2,2H3;/q;2*-1;+2. The van der Waals surface area contributed by atoms with Crippen molar-refractivity contribution in [3.63, 3.8) is 0 Å². The van der Waals surface area contributed by atoms with Crippen molar-refractivity contribution >= 4 is 11.4 Å². The van der Waals surface area contributed by atoms with Crippen LogP contribution in [0.2, 0.25) is 0 Å². The number of nitrogens with zero attached hydrogens (tertiary/aromatic N) is 2. The molecule has 0 aliphatic carbocycles. The minimum absolute atomic E-state index is 0. The molecule has 0 fully saturated rings. The van der Waals surface area contributed by atoms with E-state index in [1.54, 1.807) is 12.2 Å². The van der Waals surface area contributed by atoms with Crippen LogP contribution < -0.4 is 0 Å². The first-order valence-corrected chi connectivity index (χ1v) is 32.7. The van der Waals surface area contributed by atoms with E-state index in [1.165, 1.54) is 271 Å². The Morgan fingerprint density at radius 3 is 0.787 bits per heavy atom. The summed E-state index contributed by atoms with van der Waals surface area (Å²) >= 11 is 0. The number of unbranched alkanes of at least 4 members (excludes halogenated alkanes) is 38. The van der Waals surface area contributed by atoms with Gasteiger partial charge >= 0.3 is 16.5 Å². The predicted molar refractivity (Wildman–Crippen MR) is 333 cm³/mol. The van der Waals surface area contributed by atoms with Gasteiger partial charge in [-0.05, 0) is 73.9 Å². The van der Waals surface area contributed by atoms with E-state index in [-0.39, 0.29) is 16.5 Å². The molecule has 0 amide bonds. The van der Waals surface area contributed by atoms with E-state index in [0.717, 1.165) is 73.9 Å². The number of aryl methyl sites for hydroxylation is 2. The minimum atomic E-state index is 0. The summed E-state index contributed by atoms with van der Waals surface area (Å²) < 4.78 is 1.50. The van der Waals surface area contributed by atoms with E-state index in [2.05, 4.69) is 90.1 Å². The van der Waals surface area contributed by atoms with E-state index in [9.17, 15) is 5.53 Å². The predicted octanol–water partition coefficient (Wildman–Crippen LogP) is 25.2. The number of hydrogen-bond donors (Lipinski definition) is 0. The third-order valence-electron chi connectivity index (χ3n) is 15.6. The normalized spacial score (nSPS) is 12.1. The maximum Gasteiger partial charge on any atom is 2.00 e. The average molecular weight is 1070 g/mol. The van der Waals surface area contributed by atoms with Gasteiger partial charge in [-0.3, -0.25) is 12.2 Å². The summed E-state index contributed by atoms with van der Waals surface area (Å²) in [4.78, 5) is 0. The Labute approximate surface area is 479 Å². The largest absolute Gasteiger partial charge is 2.00 e. The zero-order valence-electron chi connectivity index (χ0n) is 50.7. The summed E-state index contributed by atoms with van der Waals surface area (Å²) in [5.74, 6) is 0. The van der Waals surface area contributed by atoms with Gasteiger partial charge in [-0.15, -0.1) is 0 Å². The summed E-state index contributed by atoms with van der Waals surface area (Å²) in [5, 5.41) is 0. The Bertz CT molecular complexity index is 1600. The summed E-state index contributed by atoms with van der Waals surface area (Å²) in [6, 6.07) is 17.5. The molecule has 2 nitrogen and oxygen atoms in total. The van der Waals surface area contributed by atoms with Crippen LogP contribution in [-0.2, 0) is 29.3 Å². The quantitative estimate of drug-likeness (QED) is 0.0273. The van der Waals surface area contributed by atoms with Gasteiger partial charge in [-0.1, -0.05) is 323 Å². The molecule has 0 unspecified atom stereocenters. The smallest absolute Gasteiger partial charge is 0.518 e. The molecule has 0 N–H and O–H groups in total. The molecule has 0 spiro atoms. The molecule has 0 bridgehead atoms. The molecular formula is C72H122N2Ni. The third kappa shape index (κ3) is 37.9. The molecule has 3 heteroatoms. The fourth-order valence-corrected chi connectivity index (χ4v) is 10.6. The van der Waals surface area contributed by atoms with E-state index in [0.29, 0.717) is 0 Å². The third-order valence-corrected chi connectivity index (χ3v) is 15.6. The van der Waals surface area contributed by atoms with Crippen LogP contribution in [0.4, 0.5) is 0 Å². The molecule has 1 heterocycles. The molecule has 1 aliphatic rings. The molecule has 0 radical (unpaired) electrons. The molecule has 0 saturated carbocycles. The van der Waals surface area contributed by atoms with Crippen molar-refractivity contribution in [2.24, 2.45) is 0 Å². The second kappa shape index (κ2) is 54.8. The van der Waals surface area contributed by atoms with Crippen LogP contribution in [0.1, 0.15) is 346 Å². The van der Waals surface area contributed by atoms with Gasteiger partial charge in [0.2, 0.25) is 11.4 Å². The molecular weight excluding hydrogens is 951 g/mol. The summed E-state index contributed by atoms with van der Waals surface area (Å²) in [7, 11) is 0. The van der Waals surface area contributed by atoms with Gasteiger partial charge in [-0.2, -0.15) is 0 Å².